The van der Waals surface area contributed by atoms with Crippen LogP contribution < -0.4 is 10.2 Å². The van der Waals surface area contributed by atoms with E-state index in [2.05, 4.69) is 10.3 Å². The number of pyridine rings is 1. The van der Waals surface area contributed by atoms with Crippen molar-refractivity contribution in [1.29, 1.82) is 0 Å². The average molecular weight is 294 g/mol. The number of anilines is 2. The number of ether oxygens (including phenoxy) is 1. The van der Waals surface area contributed by atoms with Crippen molar-refractivity contribution in [3.8, 4) is 0 Å². The molecule has 0 amide bonds. The van der Waals surface area contributed by atoms with Gasteiger partial charge in [0, 0.05) is 26.7 Å². The summed E-state index contributed by atoms with van der Waals surface area (Å²) < 4.78 is 5.60. The summed E-state index contributed by atoms with van der Waals surface area (Å²) >= 11 is 0. The molecule has 0 saturated carbocycles. The van der Waals surface area contributed by atoms with E-state index in [1.54, 1.807) is 0 Å². The van der Waals surface area contributed by atoms with Crippen LogP contribution in [0.25, 0.3) is 0 Å². The van der Waals surface area contributed by atoms with E-state index in [1.165, 1.54) is 12.1 Å². The number of aromatic nitrogens is 1. The SMILES string of the molecule is CCCNc1cc([N+](=O)[O-])cc(N(C)CC2CCCO2)n1. The quantitative estimate of drug-likeness (QED) is 0.614. The van der Waals surface area contributed by atoms with Crippen LogP contribution in [0.4, 0.5) is 17.3 Å². The van der Waals surface area contributed by atoms with Crippen molar-refractivity contribution >= 4 is 17.3 Å². The first-order valence-corrected chi connectivity index (χ1v) is 7.33. The fraction of sp³-hybridized carbons (Fsp3) is 0.643. The molecule has 1 saturated heterocycles. The van der Waals surface area contributed by atoms with E-state index in [9.17, 15) is 10.1 Å². The van der Waals surface area contributed by atoms with Crippen LogP contribution in [-0.4, -0.2) is 42.8 Å². The van der Waals surface area contributed by atoms with Gasteiger partial charge in [-0.05, 0) is 19.3 Å². The van der Waals surface area contributed by atoms with Crippen molar-refractivity contribution in [3.05, 3.63) is 22.2 Å². The molecule has 0 spiro atoms. The number of nitrogens with one attached hydrogen (secondary N) is 1. The summed E-state index contributed by atoms with van der Waals surface area (Å²) in [5.74, 6) is 1.14. The molecule has 2 rings (SSSR count). The fourth-order valence-corrected chi connectivity index (χ4v) is 2.33. The van der Waals surface area contributed by atoms with Gasteiger partial charge in [0.15, 0.2) is 0 Å². The number of hydrogen-bond donors (Lipinski definition) is 1. The van der Waals surface area contributed by atoms with E-state index in [0.717, 1.165) is 32.4 Å². The van der Waals surface area contributed by atoms with E-state index in [-0.39, 0.29) is 16.7 Å². The second kappa shape index (κ2) is 7.21. The number of nitrogens with zero attached hydrogens (tertiary/aromatic N) is 3. The molecule has 0 aliphatic carbocycles. The van der Waals surface area contributed by atoms with Gasteiger partial charge in [-0.1, -0.05) is 6.92 Å². The van der Waals surface area contributed by atoms with Gasteiger partial charge in [-0.15, -0.1) is 0 Å². The van der Waals surface area contributed by atoms with Gasteiger partial charge in [-0.25, -0.2) is 4.98 Å². The smallest absolute Gasteiger partial charge is 0.276 e. The average Bonchev–Trinajstić information content (AvgIpc) is 2.97. The Bertz CT molecular complexity index is 489. The van der Waals surface area contributed by atoms with E-state index in [1.807, 2.05) is 18.9 Å². The minimum absolute atomic E-state index is 0.0535. The molecule has 7 heteroatoms. The van der Waals surface area contributed by atoms with Crippen LogP contribution in [0, 0.1) is 10.1 Å². The molecule has 2 heterocycles. The summed E-state index contributed by atoms with van der Waals surface area (Å²) in [7, 11) is 1.89. The largest absolute Gasteiger partial charge is 0.376 e. The first kappa shape index (κ1) is 15.5. The molecule has 1 aromatic rings. The molecule has 1 aromatic heterocycles. The van der Waals surface area contributed by atoms with Crippen molar-refractivity contribution < 1.29 is 9.66 Å². The third-order valence-electron chi connectivity index (χ3n) is 3.46. The van der Waals surface area contributed by atoms with Gasteiger partial charge in [0.2, 0.25) is 0 Å². The number of nitro groups is 1. The molecule has 1 aliphatic rings. The molecule has 1 fully saturated rings. The zero-order valence-corrected chi connectivity index (χ0v) is 12.5. The lowest BCUT2D eigenvalue weighted by Crippen LogP contribution is -2.29. The lowest BCUT2D eigenvalue weighted by molar-refractivity contribution is -0.384. The Labute approximate surface area is 124 Å². The summed E-state index contributed by atoms with van der Waals surface area (Å²) in [6, 6.07) is 2.98. The van der Waals surface area contributed by atoms with Crippen molar-refractivity contribution in [2.75, 3.05) is 37.0 Å². The molecule has 1 N–H and O–H groups in total. The molecule has 0 aromatic carbocycles. The first-order valence-electron chi connectivity index (χ1n) is 7.33. The number of hydrogen-bond acceptors (Lipinski definition) is 6. The molecule has 21 heavy (non-hydrogen) atoms. The highest BCUT2D eigenvalue weighted by Gasteiger charge is 2.20. The molecule has 116 valence electrons. The number of rotatable bonds is 7. The van der Waals surface area contributed by atoms with Gasteiger partial charge in [0.1, 0.15) is 11.6 Å². The molecule has 0 bridgehead atoms. The summed E-state index contributed by atoms with van der Waals surface area (Å²) in [4.78, 5) is 17.0. The highest BCUT2D eigenvalue weighted by Crippen LogP contribution is 2.24. The van der Waals surface area contributed by atoms with E-state index in [0.29, 0.717) is 18.2 Å². The van der Waals surface area contributed by atoms with Crippen LogP contribution >= 0.6 is 0 Å². The lowest BCUT2D eigenvalue weighted by Gasteiger charge is -2.22. The van der Waals surface area contributed by atoms with Crippen molar-refractivity contribution in [3.63, 3.8) is 0 Å². The minimum atomic E-state index is -0.387. The molecule has 1 aliphatic heterocycles. The van der Waals surface area contributed by atoms with Gasteiger partial charge < -0.3 is 15.0 Å². The second-order valence-electron chi connectivity index (χ2n) is 5.27. The van der Waals surface area contributed by atoms with Crippen LogP contribution in [0.2, 0.25) is 0 Å². The van der Waals surface area contributed by atoms with Gasteiger partial charge in [0.05, 0.1) is 23.2 Å². The second-order valence-corrected chi connectivity index (χ2v) is 5.27. The van der Waals surface area contributed by atoms with Gasteiger partial charge in [0.25, 0.3) is 5.69 Å². The lowest BCUT2D eigenvalue weighted by atomic mass is 10.2. The highest BCUT2D eigenvalue weighted by molar-refractivity contribution is 5.55. The Morgan fingerprint density at radius 2 is 2.38 bits per heavy atom. The van der Waals surface area contributed by atoms with Crippen molar-refractivity contribution in [2.24, 2.45) is 0 Å². The predicted octanol–water partition coefficient (Wildman–Crippen LogP) is 2.43. The zero-order valence-electron chi connectivity index (χ0n) is 12.5. The maximum absolute atomic E-state index is 11.1. The Kier molecular flexibility index (Phi) is 5.32. The predicted molar refractivity (Wildman–Crippen MR) is 81.9 cm³/mol. The molecule has 7 nitrogen and oxygen atoms in total. The molecule has 1 unspecified atom stereocenters. The minimum Gasteiger partial charge on any atom is -0.376 e. The third kappa shape index (κ3) is 4.29. The molecule has 0 radical (unpaired) electrons. The maximum atomic E-state index is 11.1. The summed E-state index contributed by atoms with van der Waals surface area (Å²) in [5.41, 5.74) is 0.0535. The Morgan fingerprint density at radius 3 is 3.00 bits per heavy atom. The number of likely N-dealkylation sites (N-methyl/N-ethyl adjacent to an activating group) is 1. The Balaban J connectivity index is 2.15. The van der Waals surface area contributed by atoms with E-state index < -0.39 is 0 Å². The highest BCUT2D eigenvalue weighted by atomic mass is 16.6. The summed E-state index contributed by atoms with van der Waals surface area (Å²) in [6.07, 6.45) is 3.22. The zero-order chi connectivity index (χ0) is 15.2. The standard InChI is InChI=1S/C14H22N4O3/c1-3-6-15-13-8-11(18(19)20)9-14(16-13)17(2)10-12-5-4-7-21-12/h8-9,12H,3-7,10H2,1-2H3,(H,15,16). The van der Waals surface area contributed by atoms with Gasteiger partial charge in [-0.2, -0.15) is 0 Å². The molecular formula is C14H22N4O3. The van der Waals surface area contributed by atoms with Gasteiger partial charge in [-0.3, -0.25) is 10.1 Å². The first-order chi connectivity index (χ1) is 10.1. The van der Waals surface area contributed by atoms with E-state index in [4.69, 9.17) is 4.74 Å². The van der Waals surface area contributed by atoms with Crippen LogP contribution in [0.5, 0.6) is 0 Å². The van der Waals surface area contributed by atoms with Crippen LogP contribution in [0.1, 0.15) is 26.2 Å². The van der Waals surface area contributed by atoms with Crippen LogP contribution in [-0.2, 0) is 4.74 Å². The molecular weight excluding hydrogens is 272 g/mol. The third-order valence-corrected chi connectivity index (χ3v) is 3.46. The Hall–Kier alpha value is -1.89. The summed E-state index contributed by atoms with van der Waals surface area (Å²) in [6.45, 7) is 4.27. The van der Waals surface area contributed by atoms with Crippen molar-refractivity contribution in [1.82, 2.24) is 4.98 Å². The van der Waals surface area contributed by atoms with Gasteiger partial charge >= 0.3 is 0 Å². The van der Waals surface area contributed by atoms with Crippen molar-refractivity contribution in [2.45, 2.75) is 32.3 Å². The van der Waals surface area contributed by atoms with Crippen LogP contribution in [0.15, 0.2) is 12.1 Å². The topological polar surface area (TPSA) is 80.5 Å². The Morgan fingerprint density at radius 1 is 1.57 bits per heavy atom. The monoisotopic (exact) mass is 294 g/mol. The molecule has 1 atom stereocenters. The summed E-state index contributed by atoms with van der Waals surface area (Å²) in [5, 5.41) is 14.2. The fourth-order valence-electron chi connectivity index (χ4n) is 2.33. The van der Waals surface area contributed by atoms with E-state index >= 15 is 0 Å². The normalized spacial score (nSPS) is 17.7. The maximum Gasteiger partial charge on any atom is 0.276 e. The van der Waals surface area contributed by atoms with Crippen LogP contribution in [0.3, 0.4) is 0 Å².